The zero-order valence-electron chi connectivity index (χ0n) is 17.7. The van der Waals surface area contributed by atoms with Crippen LogP contribution in [0.25, 0.3) is 10.4 Å². The quantitative estimate of drug-likeness (QED) is 0.580. The summed E-state index contributed by atoms with van der Waals surface area (Å²) in [5.74, 6) is -0.131. The van der Waals surface area contributed by atoms with Crippen molar-refractivity contribution >= 4 is 23.2 Å². The average Bonchev–Trinajstić information content (AvgIpc) is 3.30. The molecule has 0 N–H and O–H groups in total. The monoisotopic (exact) mass is 433 g/mol. The summed E-state index contributed by atoms with van der Waals surface area (Å²) < 4.78 is 0. The molecule has 1 fully saturated rings. The fourth-order valence-corrected chi connectivity index (χ4v) is 4.82. The molecule has 1 aliphatic rings. The molecule has 1 atom stereocenters. The molecule has 1 aromatic carbocycles. The minimum atomic E-state index is -0.243. The van der Waals surface area contributed by atoms with Crippen molar-refractivity contribution in [2.45, 2.75) is 19.8 Å². The number of hydrogen-bond donors (Lipinski definition) is 0. The third-order valence-electron chi connectivity index (χ3n) is 5.69. The summed E-state index contributed by atoms with van der Waals surface area (Å²) in [5, 5.41) is 2.07. The zero-order chi connectivity index (χ0) is 21.6. The van der Waals surface area contributed by atoms with E-state index < -0.39 is 0 Å². The molecule has 3 heterocycles. The van der Waals surface area contributed by atoms with Gasteiger partial charge in [-0.25, -0.2) is 0 Å². The summed E-state index contributed by atoms with van der Waals surface area (Å²) in [6.45, 7) is 4.38. The molecule has 1 saturated heterocycles. The molecule has 1 aliphatic heterocycles. The minimum absolute atomic E-state index is 0.0356. The lowest BCUT2D eigenvalue weighted by Gasteiger charge is -2.24. The van der Waals surface area contributed by atoms with Crippen LogP contribution < -0.4 is 0 Å². The van der Waals surface area contributed by atoms with Gasteiger partial charge in [-0.1, -0.05) is 37.3 Å². The Labute approximate surface area is 187 Å². The van der Waals surface area contributed by atoms with Crippen LogP contribution in [0.2, 0.25) is 0 Å². The van der Waals surface area contributed by atoms with Gasteiger partial charge in [0.2, 0.25) is 5.91 Å². The van der Waals surface area contributed by atoms with E-state index in [1.165, 1.54) is 10.4 Å². The number of amides is 2. The maximum absolute atomic E-state index is 13.3. The molecule has 0 aliphatic carbocycles. The van der Waals surface area contributed by atoms with Gasteiger partial charge < -0.3 is 9.80 Å². The van der Waals surface area contributed by atoms with E-state index in [-0.39, 0.29) is 17.7 Å². The van der Waals surface area contributed by atoms with Crippen molar-refractivity contribution in [2.75, 3.05) is 26.2 Å². The molecular weight excluding hydrogens is 406 g/mol. The average molecular weight is 434 g/mol. The third kappa shape index (κ3) is 5.02. The second-order valence-corrected chi connectivity index (χ2v) is 8.84. The van der Waals surface area contributed by atoms with Gasteiger partial charge in [-0.3, -0.25) is 14.6 Å². The molecule has 6 heteroatoms. The van der Waals surface area contributed by atoms with Gasteiger partial charge >= 0.3 is 0 Å². The summed E-state index contributed by atoms with van der Waals surface area (Å²) in [6, 6.07) is 16.1. The van der Waals surface area contributed by atoms with E-state index in [0.29, 0.717) is 31.6 Å². The lowest BCUT2D eigenvalue weighted by atomic mass is 9.96. The standard InChI is InChI=1S/C25H27N3O2S/c1-2-13-27-14-15-28(24(29)21-9-11-26-12-10-21)18-22(25(27)30)17-19-5-7-20(8-6-19)23-4-3-16-31-23/h3-12,16,22H,2,13-15,17-18H2,1H3/t22-/m1/s1. The second-order valence-electron chi connectivity index (χ2n) is 7.89. The first-order valence-electron chi connectivity index (χ1n) is 10.8. The van der Waals surface area contributed by atoms with Crippen LogP contribution in [-0.2, 0) is 11.2 Å². The Kier molecular flexibility index (Phi) is 6.77. The first-order chi connectivity index (χ1) is 15.2. The molecule has 0 unspecified atom stereocenters. The molecule has 0 radical (unpaired) electrons. The lowest BCUT2D eigenvalue weighted by Crippen LogP contribution is -2.38. The second kappa shape index (κ2) is 9.88. The fourth-order valence-electron chi connectivity index (χ4n) is 4.08. The number of rotatable bonds is 6. The first kappa shape index (κ1) is 21.2. The van der Waals surface area contributed by atoms with Crippen LogP contribution in [0, 0.1) is 5.92 Å². The summed E-state index contributed by atoms with van der Waals surface area (Å²) in [5.41, 5.74) is 2.92. The minimum Gasteiger partial charge on any atom is -0.341 e. The van der Waals surface area contributed by atoms with Gasteiger partial charge in [0.1, 0.15) is 0 Å². The Balaban J connectivity index is 1.53. The van der Waals surface area contributed by atoms with Crippen molar-refractivity contribution in [3.63, 3.8) is 0 Å². The van der Waals surface area contributed by atoms with E-state index >= 15 is 0 Å². The molecule has 4 rings (SSSR count). The Bertz CT molecular complexity index is 1000. The molecule has 160 valence electrons. The van der Waals surface area contributed by atoms with Gasteiger partial charge in [0, 0.05) is 49.0 Å². The van der Waals surface area contributed by atoms with E-state index in [1.807, 2.05) is 9.80 Å². The topological polar surface area (TPSA) is 53.5 Å². The molecule has 2 aromatic heterocycles. The number of thiophene rings is 1. The van der Waals surface area contributed by atoms with Crippen LogP contribution in [0.4, 0.5) is 0 Å². The highest BCUT2D eigenvalue weighted by molar-refractivity contribution is 7.13. The van der Waals surface area contributed by atoms with Gasteiger partial charge in [-0.15, -0.1) is 11.3 Å². The smallest absolute Gasteiger partial charge is 0.254 e. The van der Waals surface area contributed by atoms with Gasteiger partial charge in [-0.05, 0) is 47.5 Å². The first-order valence-corrected chi connectivity index (χ1v) is 11.6. The molecule has 0 spiro atoms. The van der Waals surface area contributed by atoms with Crippen molar-refractivity contribution < 1.29 is 9.59 Å². The molecule has 0 saturated carbocycles. The highest BCUT2D eigenvalue weighted by Crippen LogP contribution is 2.26. The number of carbonyl (C=O) groups is 2. The zero-order valence-corrected chi connectivity index (χ0v) is 18.6. The van der Waals surface area contributed by atoms with Crippen LogP contribution in [0.3, 0.4) is 0 Å². The molecular formula is C25H27N3O2S. The number of hydrogen-bond acceptors (Lipinski definition) is 4. The Morgan fingerprint density at radius 2 is 1.87 bits per heavy atom. The third-order valence-corrected chi connectivity index (χ3v) is 6.61. The van der Waals surface area contributed by atoms with E-state index in [4.69, 9.17) is 0 Å². The Morgan fingerprint density at radius 1 is 1.10 bits per heavy atom. The predicted molar refractivity (Wildman–Crippen MR) is 124 cm³/mol. The van der Waals surface area contributed by atoms with E-state index in [2.05, 4.69) is 53.7 Å². The number of nitrogens with zero attached hydrogens (tertiary/aromatic N) is 3. The normalized spacial score (nSPS) is 16.9. The highest BCUT2D eigenvalue weighted by atomic mass is 32.1. The van der Waals surface area contributed by atoms with Gasteiger partial charge in [0.15, 0.2) is 0 Å². The SMILES string of the molecule is CCCN1CCN(C(=O)c2ccncc2)C[C@@H](Cc2ccc(-c3cccs3)cc2)C1=O. The van der Waals surface area contributed by atoms with Crippen molar-refractivity contribution in [1.82, 2.24) is 14.8 Å². The summed E-state index contributed by atoms with van der Waals surface area (Å²) >= 11 is 1.72. The molecule has 0 bridgehead atoms. The molecule has 5 nitrogen and oxygen atoms in total. The van der Waals surface area contributed by atoms with Crippen LogP contribution in [0.1, 0.15) is 29.3 Å². The van der Waals surface area contributed by atoms with Crippen molar-refractivity contribution in [1.29, 1.82) is 0 Å². The van der Waals surface area contributed by atoms with Gasteiger partial charge in [0.05, 0.1) is 5.92 Å². The number of benzene rings is 1. The van der Waals surface area contributed by atoms with Crippen LogP contribution in [0.5, 0.6) is 0 Å². The van der Waals surface area contributed by atoms with E-state index in [0.717, 1.165) is 18.5 Å². The van der Waals surface area contributed by atoms with Crippen molar-refractivity contribution in [3.8, 4) is 10.4 Å². The maximum atomic E-state index is 13.3. The maximum Gasteiger partial charge on any atom is 0.254 e. The predicted octanol–water partition coefficient (Wildman–Crippen LogP) is 4.36. The molecule has 2 amide bonds. The number of pyridine rings is 1. The Hall–Kier alpha value is -2.99. The molecule has 3 aromatic rings. The highest BCUT2D eigenvalue weighted by Gasteiger charge is 2.32. The molecule has 31 heavy (non-hydrogen) atoms. The Morgan fingerprint density at radius 3 is 2.55 bits per heavy atom. The van der Waals surface area contributed by atoms with Gasteiger partial charge in [-0.2, -0.15) is 0 Å². The summed E-state index contributed by atoms with van der Waals surface area (Å²) in [4.78, 5) is 35.3. The van der Waals surface area contributed by atoms with Crippen molar-refractivity contribution in [2.24, 2.45) is 5.92 Å². The van der Waals surface area contributed by atoms with Gasteiger partial charge in [0.25, 0.3) is 5.91 Å². The van der Waals surface area contributed by atoms with Crippen LogP contribution >= 0.6 is 11.3 Å². The van der Waals surface area contributed by atoms with Crippen LogP contribution in [-0.4, -0.2) is 52.8 Å². The number of aromatic nitrogens is 1. The van der Waals surface area contributed by atoms with E-state index in [1.54, 1.807) is 35.9 Å². The number of carbonyl (C=O) groups excluding carboxylic acids is 2. The van der Waals surface area contributed by atoms with Crippen LogP contribution in [0.15, 0.2) is 66.3 Å². The summed E-state index contributed by atoms with van der Waals surface area (Å²) in [6.07, 6.45) is 4.80. The fraction of sp³-hybridized carbons (Fsp3) is 0.320. The van der Waals surface area contributed by atoms with Crippen molar-refractivity contribution in [3.05, 3.63) is 77.4 Å². The van der Waals surface area contributed by atoms with E-state index in [9.17, 15) is 9.59 Å². The largest absolute Gasteiger partial charge is 0.341 e. The summed E-state index contributed by atoms with van der Waals surface area (Å²) in [7, 11) is 0. The lowest BCUT2D eigenvalue weighted by molar-refractivity contribution is -0.134.